The van der Waals surface area contributed by atoms with Gasteiger partial charge < -0.3 is 10.4 Å². The molecule has 0 bridgehead atoms. The molecule has 2 atom stereocenters. The molecule has 1 saturated heterocycles. The van der Waals surface area contributed by atoms with E-state index in [1.807, 2.05) is 18.2 Å². The third kappa shape index (κ3) is 2.83. The monoisotopic (exact) mass is 230 g/mol. The van der Waals surface area contributed by atoms with Crippen molar-refractivity contribution in [3.8, 4) is 6.07 Å². The molecule has 2 rings (SSSR count). The van der Waals surface area contributed by atoms with Crippen LogP contribution in [0, 0.1) is 17.2 Å². The van der Waals surface area contributed by atoms with E-state index in [0.717, 1.165) is 18.5 Å². The molecular formula is C13H14N2O2. The number of rotatable bonds is 3. The molecule has 1 aliphatic heterocycles. The van der Waals surface area contributed by atoms with Gasteiger partial charge in [-0.2, -0.15) is 5.26 Å². The Hall–Kier alpha value is -1.86. The van der Waals surface area contributed by atoms with Crippen LogP contribution in [0.15, 0.2) is 24.3 Å². The topological polar surface area (TPSA) is 73.1 Å². The van der Waals surface area contributed by atoms with E-state index in [4.69, 9.17) is 10.4 Å². The summed E-state index contributed by atoms with van der Waals surface area (Å²) in [5.74, 6) is -0.441. The van der Waals surface area contributed by atoms with Gasteiger partial charge in [0.25, 0.3) is 0 Å². The van der Waals surface area contributed by atoms with E-state index in [-0.39, 0.29) is 0 Å². The Balaban J connectivity index is 1.98. The molecule has 0 spiro atoms. The molecule has 17 heavy (non-hydrogen) atoms. The van der Waals surface area contributed by atoms with Crippen LogP contribution in [0.2, 0.25) is 0 Å². The van der Waals surface area contributed by atoms with Gasteiger partial charge in [-0.1, -0.05) is 12.1 Å². The smallest absolute Gasteiger partial charge is 0.320 e. The molecular weight excluding hydrogens is 216 g/mol. The van der Waals surface area contributed by atoms with Crippen molar-refractivity contribution >= 4 is 5.97 Å². The summed E-state index contributed by atoms with van der Waals surface area (Å²) in [5.41, 5.74) is 1.75. The molecule has 0 saturated carbocycles. The molecule has 1 aromatic rings. The Morgan fingerprint density at radius 2 is 2.41 bits per heavy atom. The summed E-state index contributed by atoms with van der Waals surface area (Å²) in [4.78, 5) is 10.8. The van der Waals surface area contributed by atoms with Crippen molar-refractivity contribution in [3.63, 3.8) is 0 Å². The van der Waals surface area contributed by atoms with E-state index in [9.17, 15) is 4.79 Å². The van der Waals surface area contributed by atoms with Gasteiger partial charge in [-0.05, 0) is 43.0 Å². The Kier molecular flexibility index (Phi) is 3.40. The highest BCUT2D eigenvalue weighted by atomic mass is 16.4. The molecule has 0 aliphatic carbocycles. The van der Waals surface area contributed by atoms with Crippen LogP contribution in [-0.2, 0) is 11.2 Å². The minimum absolute atomic E-state index is 0.338. The number of nitrogens with one attached hydrogen (secondary N) is 1. The number of nitrogens with zero attached hydrogens (tertiary/aromatic N) is 1. The summed E-state index contributed by atoms with van der Waals surface area (Å²) >= 11 is 0. The molecule has 0 aromatic heterocycles. The lowest BCUT2D eigenvalue weighted by atomic mass is 9.96. The molecule has 1 heterocycles. The largest absolute Gasteiger partial charge is 0.480 e. The normalized spacial score (nSPS) is 23.2. The van der Waals surface area contributed by atoms with E-state index in [0.29, 0.717) is 17.9 Å². The van der Waals surface area contributed by atoms with Gasteiger partial charge in [-0.3, -0.25) is 4.79 Å². The number of nitriles is 1. The van der Waals surface area contributed by atoms with Gasteiger partial charge >= 0.3 is 5.97 Å². The van der Waals surface area contributed by atoms with Gasteiger partial charge in [0.1, 0.15) is 6.04 Å². The quantitative estimate of drug-likeness (QED) is 0.817. The average Bonchev–Trinajstić information content (AvgIpc) is 2.78. The summed E-state index contributed by atoms with van der Waals surface area (Å²) < 4.78 is 0. The Labute approximate surface area is 99.9 Å². The molecule has 1 fully saturated rings. The van der Waals surface area contributed by atoms with Crippen LogP contribution >= 0.6 is 0 Å². The molecule has 88 valence electrons. The molecule has 4 heteroatoms. The van der Waals surface area contributed by atoms with E-state index in [2.05, 4.69) is 11.4 Å². The molecule has 1 unspecified atom stereocenters. The molecule has 4 nitrogen and oxygen atoms in total. The summed E-state index contributed by atoms with van der Waals surface area (Å²) in [7, 11) is 0. The van der Waals surface area contributed by atoms with Crippen molar-refractivity contribution in [3.05, 3.63) is 35.4 Å². The van der Waals surface area contributed by atoms with Crippen LogP contribution in [0.4, 0.5) is 0 Å². The van der Waals surface area contributed by atoms with Gasteiger partial charge in [0.2, 0.25) is 0 Å². The lowest BCUT2D eigenvalue weighted by molar-refractivity contribution is -0.139. The van der Waals surface area contributed by atoms with Gasteiger partial charge in [0.05, 0.1) is 11.6 Å². The lowest BCUT2D eigenvalue weighted by Gasteiger charge is -2.08. The first-order valence-electron chi connectivity index (χ1n) is 5.64. The third-order valence-corrected chi connectivity index (χ3v) is 3.10. The highest BCUT2D eigenvalue weighted by molar-refractivity contribution is 5.73. The summed E-state index contributed by atoms with van der Waals surface area (Å²) in [6, 6.07) is 9.18. The summed E-state index contributed by atoms with van der Waals surface area (Å²) in [6.45, 7) is 0.730. The van der Waals surface area contributed by atoms with Gasteiger partial charge in [0.15, 0.2) is 0 Å². The number of hydrogen-bond acceptors (Lipinski definition) is 3. The van der Waals surface area contributed by atoms with Gasteiger partial charge in [0, 0.05) is 0 Å². The Bertz CT molecular complexity index is 465. The van der Waals surface area contributed by atoms with Crippen LogP contribution in [0.1, 0.15) is 17.5 Å². The fourth-order valence-electron chi connectivity index (χ4n) is 2.25. The minimum atomic E-state index is -0.779. The first-order chi connectivity index (χ1) is 8.19. The summed E-state index contributed by atoms with van der Waals surface area (Å²) in [5, 5.41) is 20.7. The van der Waals surface area contributed by atoms with Crippen molar-refractivity contribution < 1.29 is 9.90 Å². The zero-order valence-electron chi connectivity index (χ0n) is 9.39. The second-order valence-electron chi connectivity index (χ2n) is 4.42. The molecule has 0 radical (unpaired) electrons. The van der Waals surface area contributed by atoms with Crippen molar-refractivity contribution in [2.45, 2.75) is 18.9 Å². The fraction of sp³-hybridized carbons (Fsp3) is 0.385. The molecule has 1 aromatic carbocycles. The van der Waals surface area contributed by atoms with Gasteiger partial charge in [-0.15, -0.1) is 0 Å². The minimum Gasteiger partial charge on any atom is -0.480 e. The van der Waals surface area contributed by atoms with Crippen molar-refractivity contribution in [2.75, 3.05) is 6.54 Å². The second-order valence-corrected chi connectivity index (χ2v) is 4.42. The summed E-state index contributed by atoms with van der Waals surface area (Å²) in [6.07, 6.45) is 1.48. The number of carboxylic acid groups (broad SMARTS) is 1. The maximum Gasteiger partial charge on any atom is 0.320 e. The van der Waals surface area contributed by atoms with E-state index in [1.54, 1.807) is 6.07 Å². The lowest BCUT2D eigenvalue weighted by Crippen LogP contribution is -2.29. The maximum atomic E-state index is 10.8. The van der Waals surface area contributed by atoms with E-state index < -0.39 is 12.0 Å². The molecule has 2 N–H and O–H groups in total. The van der Waals surface area contributed by atoms with Crippen LogP contribution in [0.25, 0.3) is 0 Å². The standard InChI is InChI=1S/C13H14N2O2/c14-7-10-3-1-2-9(4-10)5-11-6-12(13(16)17)15-8-11/h1-4,11-12,15H,5-6,8H2,(H,16,17)/t11?,12-/m0/s1. The van der Waals surface area contributed by atoms with Crippen LogP contribution in [0.3, 0.4) is 0 Å². The van der Waals surface area contributed by atoms with Gasteiger partial charge in [-0.25, -0.2) is 0 Å². The number of carbonyl (C=O) groups is 1. The Morgan fingerprint density at radius 1 is 1.59 bits per heavy atom. The fourth-order valence-corrected chi connectivity index (χ4v) is 2.25. The van der Waals surface area contributed by atoms with Crippen LogP contribution in [-0.4, -0.2) is 23.7 Å². The Morgan fingerprint density at radius 3 is 3.06 bits per heavy atom. The number of carboxylic acids is 1. The highest BCUT2D eigenvalue weighted by Crippen LogP contribution is 2.19. The third-order valence-electron chi connectivity index (χ3n) is 3.10. The highest BCUT2D eigenvalue weighted by Gasteiger charge is 2.28. The van der Waals surface area contributed by atoms with E-state index >= 15 is 0 Å². The average molecular weight is 230 g/mol. The van der Waals surface area contributed by atoms with Crippen molar-refractivity contribution in [1.29, 1.82) is 5.26 Å². The predicted octanol–water partition coefficient (Wildman–Crippen LogP) is 1.16. The van der Waals surface area contributed by atoms with Crippen molar-refractivity contribution in [1.82, 2.24) is 5.32 Å². The number of aliphatic carboxylic acids is 1. The first-order valence-corrected chi connectivity index (χ1v) is 5.64. The molecule has 1 aliphatic rings. The maximum absolute atomic E-state index is 10.8. The van der Waals surface area contributed by atoms with Crippen molar-refractivity contribution in [2.24, 2.45) is 5.92 Å². The zero-order chi connectivity index (χ0) is 12.3. The number of hydrogen-bond donors (Lipinski definition) is 2. The SMILES string of the molecule is N#Cc1cccc(CC2CN[C@H](C(=O)O)C2)c1. The predicted molar refractivity (Wildman–Crippen MR) is 62.4 cm³/mol. The van der Waals surface area contributed by atoms with Crippen LogP contribution < -0.4 is 5.32 Å². The van der Waals surface area contributed by atoms with Crippen LogP contribution in [0.5, 0.6) is 0 Å². The second kappa shape index (κ2) is 4.98. The number of benzene rings is 1. The van der Waals surface area contributed by atoms with E-state index in [1.165, 1.54) is 0 Å². The first kappa shape index (κ1) is 11.6. The molecule has 0 amide bonds. The zero-order valence-corrected chi connectivity index (χ0v) is 9.39.